The van der Waals surface area contributed by atoms with Gasteiger partial charge in [0.15, 0.2) is 0 Å². The Bertz CT molecular complexity index is 362. The average molecular weight is 261 g/mol. The summed E-state index contributed by atoms with van der Waals surface area (Å²) in [4.78, 5) is 0. The molecule has 0 fully saturated rings. The normalized spacial score (nSPS) is 14.9. The van der Waals surface area contributed by atoms with Crippen molar-refractivity contribution in [2.75, 3.05) is 0 Å². The van der Waals surface area contributed by atoms with Crippen LogP contribution in [0.15, 0.2) is 36.9 Å². The number of hydrogen-bond donors (Lipinski definition) is 1. The van der Waals surface area contributed by atoms with Gasteiger partial charge in [-0.2, -0.15) is 0 Å². The molecule has 1 N–H and O–H groups in total. The molecule has 0 aliphatic carbocycles. The second kappa shape index (κ2) is 4.19. The van der Waals surface area contributed by atoms with Crippen molar-refractivity contribution in [2.45, 2.75) is 5.21 Å². The van der Waals surface area contributed by atoms with Gasteiger partial charge in [0.2, 0.25) is 0 Å². The SMILES string of the molecule is C=CC[As](=O)(O)c1ccccc1Cl. The summed E-state index contributed by atoms with van der Waals surface area (Å²) in [5, 5.41) is 0.469. The van der Waals surface area contributed by atoms with Crippen molar-refractivity contribution >= 4 is 29.8 Å². The molecule has 0 saturated carbocycles. The molecular weight excluding hydrogens is 250 g/mol. The maximum absolute atomic E-state index is 11.7. The van der Waals surface area contributed by atoms with Gasteiger partial charge >= 0.3 is 84.8 Å². The van der Waals surface area contributed by atoms with Crippen LogP contribution in [0.25, 0.3) is 0 Å². The fourth-order valence-electron chi connectivity index (χ4n) is 1.01. The van der Waals surface area contributed by atoms with E-state index in [0.717, 1.165) is 0 Å². The summed E-state index contributed by atoms with van der Waals surface area (Å²) in [5.41, 5.74) is 0. The van der Waals surface area contributed by atoms with Crippen molar-refractivity contribution in [1.82, 2.24) is 0 Å². The first-order valence-corrected chi connectivity index (χ1v) is 8.00. The van der Waals surface area contributed by atoms with Gasteiger partial charge in [-0.25, -0.2) is 0 Å². The van der Waals surface area contributed by atoms with Crippen LogP contribution in [-0.4, -0.2) is 17.9 Å². The predicted molar refractivity (Wildman–Crippen MR) is 54.7 cm³/mol. The molecule has 0 aromatic heterocycles. The van der Waals surface area contributed by atoms with Crippen molar-refractivity contribution < 1.29 is 7.84 Å². The third-order valence-corrected chi connectivity index (χ3v) is 6.20. The summed E-state index contributed by atoms with van der Waals surface area (Å²) in [6.07, 6.45) is 1.45. The maximum atomic E-state index is 11.7. The van der Waals surface area contributed by atoms with Gasteiger partial charge in [-0.3, -0.25) is 0 Å². The summed E-state index contributed by atoms with van der Waals surface area (Å²) in [6.45, 7) is 3.44. The molecule has 0 saturated heterocycles. The Kier molecular flexibility index (Phi) is 3.43. The van der Waals surface area contributed by atoms with Gasteiger partial charge in [0.05, 0.1) is 0 Å². The molecule has 1 aromatic rings. The number of hydrogen-bond acceptors (Lipinski definition) is 1. The molecule has 1 aromatic carbocycles. The molecule has 0 amide bonds. The van der Waals surface area contributed by atoms with E-state index in [1.165, 1.54) is 6.08 Å². The van der Waals surface area contributed by atoms with Gasteiger partial charge in [0.25, 0.3) is 0 Å². The molecule has 1 unspecified atom stereocenters. The van der Waals surface area contributed by atoms with Crippen molar-refractivity contribution in [3.05, 3.63) is 41.9 Å². The van der Waals surface area contributed by atoms with Crippen LogP contribution in [0, 0.1) is 0 Å². The van der Waals surface area contributed by atoms with E-state index in [-0.39, 0.29) is 5.21 Å². The van der Waals surface area contributed by atoms with Gasteiger partial charge in [-0.1, -0.05) is 0 Å². The molecular formula is C9H10AsClO2. The van der Waals surface area contributed by atoms with Crippen molar-refractivity contribution in [1.29, 1.82) is 0 Å². The molecule has 0 spiro atoms. The number of benzene rings is 1. The minimum atomic E-state index is -3.97. The molecule has 70 valence electrons. The van der Waals surface area contributed by atoms with Crippen LogP contribution in [0.3, 0.4) is 0 Å². The Hall–Kier alpha value is -0.432. The average Bonchev–Trinajstić information content (AvgIpc) is 2.04. The first-order valence-electron chi connectivity index (χ1n) is 3.76. The summed E-state index contributed by atoms with van der Waals surface area (Å²) < 4.78 is 21.7. The third-order valence-electron chi connectivity index (χ3n) is 1.61. The summed E-state index contributed by atoms with van der Waals surface area (Å²) in [5.74, 6) is 0. The Morgan fingerprint density at radius 1 is 1.54 bits per heavy atom. The molecule has 13 heavy (non-hydrogen) atoms. The van der Waals surface area contributed by atoms with E-state index in [2.05, 4.69) is 6.58 Å². The van der Waals surface area contributed by atoms with Gasteiger partial charge in [0.1, 0.15) is 0 Å². The Labute approximate surface area is 84.9 Å². The molecule has 1 atom stereocenters. The van der Waals surface area contributed by atoms with Gasteiger partial charge in [-0.15, -0.1) is 0 Å². The third kappa shape index (κ3) is 2.50. The molecule has 1 rings (SSSR count). The molecule has 0 bridgehead atoms. The van der Waals surface area contributed by atoms with Gasteiger partial charge in [-0.05, 0) is 0 Å². The zero-order valence-corrected chi connectivity index (χ0v) is 9.61. The first-order chi connectivity index (χ1) is 6.08. The summed E-state index contributed by atoms with van der Waals surface area (Å²) in [7, 11) is 0. The van der Waals surface area contributed by atoms with Crippen molar-refractivity contribution in [3.63, 3.8) is 0 Å². The Morgan fingerprint density at radius 3 is 2.69 bits per heavy atom. The molecule has 0 radical (unpaired) electrons. The van der Waals surface area contributed by atoms with E-state index >= 15 is 0 Å². The number of halogens is 1. The number of rotatable bonds is 3. The van der Waals surface area contributed by atoms with Crippen LogP contribution in [0.5, 0.6) is 0 Å². The Balaban J connectivity index is 3.14. The van der Waals surface area contributed by atoms with Crippen LogP contribution in [0.4, 0.5) is 0 Å². The second-order valence-electron chi connectivity index (χ2n) is 2.62. The Morgan fingerprint density at radius 2 is 2.15 bits per heavy atom. The minimum absolute atomic E-state index is 0.113. The standard InChI is InChI=1S/C9H10AsClO2/c1-2-7-10(12,13)8-5-3-4-6-9(8)11/h2-6H,1,7H2,(H,12,13). The molecule has 0 aliphatic heterocycles. The quantitative estimate of drug-likeness (QED) is 0.662. The zero-order valence-electron chi connectivity index (χ0n) is 6.98. The fraction of sp³-hybridized carbons (Fsp3) is 0.111. The van der Waals surface area contributed by atoms with Crippen LogP contribution >= 0.6 is 11.6 Å². The molecule has 4 heteroatoms. The van der Waals surface area contributed by atoms with Crippen LogP contribution in [0.2, 0.25) is 10.2 Å². The van der Waals surface area contributed by atoms with Gasteiger partial charge < -0.3 is 0 Å². The second-order valence-corrected chi connectivity index (χ2v) is 7.75. The molecule has 0 aliphatic rings. The van der Waals surface area contributed by atoms with Crippen molar-refractivity contribution in [2.24, 2.45) is 0 Å². The monoisotopic (exact) mass is 260 g/mol. The predicted octanol–water partition coefficient (Wildman–Crippen LogP) is 1.60. The van der Waals surface area contributed by atoms with Crippen LogP contribution in [-0.2, 0) is 3.74 Å². The molecule has 0 heterocycles. The summed E-state index contributed by atoms with van der Waals surface area (Å²) >= 11 is 1.82. The topological polar surface area (TPSA) is 37.3 Å². The molecule has 2 nitrogen and oxygen atoms in total. The van der Waals surface area contributed by atoms with Crippen LogP contribution in [0.1, 0.15) is 0 Å². The van der Waals surface area contributed by atoms with E-state index in [1.807, 2.05) is 0 Å². The van der Waals surface area contributed by atoms with E-state index in [9.17, 15) is 7.84 Å². The van der Waals surface area contributed by atoms with E-state index in [1.54, 1.807) is 24.3 Å². The van der Waals surface area contributed by atoms with Gasteiger partial charge in [0, 0.05) is 0 Å². The van der Waals surface area contributed by atoms with E-state index < -0.39 is 13.8 Å². The number of allylic oxidation sites excluding steroid dienone is 1. The van der Waals surface area contributed by atoms with E-state index in [4.69, 9.17) is 11.6 Å². The zero-order chi connectivity index (χ0) is 9.90. The van der Waals surface area contributed by atoms with Crippen molar-refractivity contribution in [3.8, 4) is 0 Å². The van der Waals surface area contributed by atoms with Crippen LogP contribution < -0.4 is 4.35 Å². The van der Waals surface area contributed by atoms with E-state index in [0.29, 0.717) is 9.37 Å². The fourth-order valence-corrected chi connectivity index (χ4v) is 4.50. The summed E-state index contributed by atoms with van der Waals surface area (Å²) in [6, 6.07) is 6.64. The first kappa shape index (κ1) is 10.6.